The second-order valence-electron chi connectivity index (χ2n) is 9.36. The average Bonchev–Trinajstić information content (AvgIpc) is 3.26. The van der Waals surface area contributed by atoms with Gasteiger partial charge in [-0.3, -0.25) is 0 Å². The first kappa shape index (κ1) is 19.4. The summed E-state index contributed by atoms with van der Waals surface area (Å²) < 4.78 is 6.41. The Balaban J connectivity index is 1.57. The van der Waals surface area contributed by atoms with Gasteiger partial charge in [-0.15, -0.1) is 0 Å². The molecule has 7 rings (SSSR count). The van der Waals surface area contributed by atoms with Gasteiger partial charge in [0.25, 0.3) is 0 Å². The van der Waals surface area contributed by atoms with Crippen LogP contribution in [0, 0.1) is 13.8 Å². The zero-order valence-corrected chi connectivity index (χ0v) is 19.4. The van der Waals surface area contributed by atoms with E-state index in [-0.39, 0.29) is 0 Å². The van der Waals surface area contributed by atoms with Crippen molar-refractivity contribution in [2.45, 2.75) is 20.3 Å². The Labute approximate surface area is 198 Å². The fourth-order valence-corrected chi connectivity index (χ4v) is 5.92. The van der Waals surface area contributed by atoms with Crippen molar-refractivity contribution in [2.75, 3.05) is 0 Å². The topological polar surface area (TPSA) is 13.1 Å². The van der Waals surface area contributed by atoms with E-state index < -0.39 is 0 Å². The highest BCUT2D eigenvalue weighted by Crippen LogP contribution is 2.40. The Morgan fingerprint density at radius 2 is 1.15 bits per heavy atom. The normalized spacial score (nSPS) is 11.9. The van der Waals surface area contributed by atoms with Crippen LogP contribution in [0.2, 0.25) is 0 Å². The molecule has 0 N–H and O–H groups in total. The van der Waals surface area contributed by atoms with E-state index in [0.29, 0.717) is 0 Å². The maximum atomic E-state index is 6.41. The molecule has 0 aliphatic rings. The summed E-state index contributed by atoms with van der Waals surface area (Å²) in [4.78, 5) is 0. The van der Waals surface area contributed by atoms with Crippen LogP contribution in [0.4, 0.5) is 0 Å². The number of rotatable bonds is 2. The smallest absolute Gasteiger partial charge is 0.136 e. The van der Waals surface area contributed by atoms with Crippen molar-refractivity contribution in [3.05, 3.63) is 119 Å². The van der Waals surface area contributed by atoms with Gasteiger partial charge < -0.3 is 4.42 Å². The van der Waals surface area contributed by atoms with Crippen LogP contribution in [0.5, 0.6) is 0 Å². The minimum Gasteiger partial charge on any atom is -0.456 e. The van der Waals surface area contributed by atoms with Crippen molar-refractivity contribution < 1.29 is 4.42 Å². The second-order valence-corrected chi connectivity index (χ2v) is 9.36. The molecule has 0 aliphatic carbocycles. The Morgan fingerprint density at radius 3 is 1.85 bits per heavy atom. The van der Waals surface area contributed by atoms with E-state index >= 15 is 0 Å². The highest BCUT2D eigenvalue weighted by atomic mass is 16.3. The number of benzene rings is 6. The minimum atomic E-state index is 0.861. The van der Waals surface area contributed by atoms with Gasteiger partial charge in [-0.2, -0.15) is 0 Å². The average molecular weight is 437 g/mol. The van der Waals surface area contributed by atoms with Gasteiger partial charge >= 0.3 is 0 Å². The van der Waals surface area contributed by atoms with Crippen molar-refractivity contribution in [1.82, 2.24) is 0 Å². The largest absolute Gasteiger partial charge is 0.456 e. The Morgan fingerprint density at radius 1 is 0.529 bits per heavy atom. The first-order valence-corrected chi connectivity index (χ1v) is 11.9. The Bertz CT molecular complexity index is 1840. The molecule has 0 saturated heterocycles. The van der Waals surface area contributed by atoms with Crippen LogP contribution in [0.1, 0.15) is 22.3 Å². The van der Waals surface area contributed by atoms with Crippen molar-refractivity contribution in [3.8, 4) is 0 Å². The van der Waals surface area contributed by atoms with Crippen LogP contribution in [0.15, 0.2) is 101 Å². The molecule has 1 nitrogen and oxygen atoms in total. The quantitative estimate of drug-likeness (QED) is 0.246. The number of aryl methyl sites for hydroxylation is 2. The molecular formula is C33H24O. The van der Waals surface area contributed by atoms with Crippen LogP contribution in [-0.2, 0) is 6.42 Å². The molecule has 0 amide bonds. The van der Waals surface area contributed by atoms with E-state index in [1.54, 1.807) is 0 Å². The van der Waals surface area contributed by atoms with E-state index in [1.807, 2.05) is 0 Å². The van der Waals surface area contributed by atoms with Crippen molar-refractivity contribution >= 4 is 54.3 Å². The van der Waals surface area contributed by atoms with Gasteiger partial charge in [0.1, 0.15) is 11.2 Å². The summed E-state index contributed by atoms with van der Waals surface area (Å²) >= 11 is 0. The molecule has 0 radical (unpaired) electrons. The summed E-state index contributed by atoms with van der Waals surface area (Å²) in [7, 11) is 0. The highest BCUT2D eigenvalue weighted by molar-refractivity contribution is 6.14. The molecule has 0 bridgehead atoms. The minimum absolute atomic E-state index is 0.861. The third kappa shape index (κ3) is 2.67. The van der Waals surface area contributed by atoms with Crippen LogP contribution in [0.3, 0.4) is 0 Å². The van der Waals surface area contributed by atoms with Crippen LogP contribution < -0.4 is 0 Å². The lowest BCUT2D eigenvalue weighted by Gasteiger charge is -2.15. The van der Waals surface area contributed by atoms with Gasteiger partial charge in [0.2, 0.25) is 0 Å². The predicted molar refractivity (Wildman–Crippen MR) is 145 cm³/mol. The monoisotopic (exact) mass is 436 g/mol. The summed E-state index contributed by atoms with van der Waals surface area (Å²) in [6.45, 7) is 4.47. The van der Waals surface area contributed by atoms with E-state index in [1.165, 1.54) is 65.3 Å². The number of furan rings is 1. The Hall–Kier alpha value is -4.10. The molecule has 162 valence electrons. The molecule has 0 atom stereocenters. The summed E-state index contributed by atoms with van der Waals surface area (Å²) in [6, 6.07) is 35.0. The van der Waals surface area contributed by atoms with Gasteiger partial charge in [0.15, 0.2) is 0 Å². The van der Waals surface area contributed by atoms with Gasteiger partial charge in [0, 0.05) is 10.8 Å². The van der Waals surface area contributed by atoms with E-state index in [4.69, 9.17) is 4.42 Å². The molecule has 0 spiro atoms. The molecule has 1 aromatic heterocycles. The van der Waals surface area contributed by atoms with Crippen molar-refractivity contribution in [1.29, 1.82) is 0 Å². The van der Waals surface area contributed by atoms with Crippen LogP contribution >= 0.6 is 0 Å². The molecule has 1 heterocycles. The molecule has 7 aromatic rings. The molecular weight excluding hydrogens is 412 g/mol. The first-order valence-electron chi connectivity index (χ1n) is 11.9. The lowest BCUT2D eigenvalue weighted by molar-refractivity contribution is 0.669. The lowest BCUT2D eigenvalue weighted by Crippen LogP contribution is -1.95. The molecule has 1 heteroatoms. The maximum absolute atomic E-state index is 6.41. The summed E-state index contributed by atoms with van der Waals surface area (Å²) in [5, 5.41) is 10.4. The maximum Gasteiger partial charge on any atom is 0.136 e. The molecule has 0 aliphatic heterocycles. The first-order chi connectivity index (χ1) is 16.7. The van der Waals surface area contributed by atoms with Gasteiger partial charge in [-0.25, -0.2) is 0 Å². The second kappa shape index (κ2) is 7.20. The van der Waals surface area contributed by atoms with E-state index in [0.717, 1.165) is 17.6 Å². The third-order valence-corrected chi connectivity index (χ3v) is 7.53. The third-order valence-electron chi connectivity index (χ3n) is 7.53. The highest BCUT2D eigenvalue weighted by Gasteiger charge is 2.18. The van der Waals surface area contributed by atoms with E-state index in [9.17, 15) is 0 Å². The summed E-state index contributed by atoms with van der Waals surface area (Å²) in [5.74, 6) is 0. The van der Waals surface area contributed by atoms with Crippen molar-refractivity contribution in [2.24, 2.45) is 0 Å². The zero-order valence-electron chi connectivity index (χ0n) is 19.4. The number of hydrogen-bond acceptors (Lipinski definition) is 1. The number of hydrogen-bond donors (Lipinski definition) is 0. The van der Waals surface area contributed by atoms with Gasteiger partial charge in [-0.1, -0.05) is 84.9 Å². The standard InChI is InChI=1S/C33H24O/c1-20-25-13-5-7-15-27(25)29(28-16-8-6-14-26(20)28)18-23-11-9-17-30-33(23)32-21(2)24-12-4-3-10-22(24)19-31(32)34-30/h3-17,19H,18H2,1-2H3. The van der Waals surface area contributed by atoms with Gasteiger partial charge in [0.05, 0.1) is 0 Å². The Kier molecular flexibility index (Phi) is 4.10. The van der Waals surface area contributed by atoms with Crippen LogP contribution in [0.25, 0.3) is 54.3 Å². The fourth-order valence-electron chi connectivity index (χ4n) is 5.92. The predicted octanol–water partition coefficient (Wildman–Crippen LogP) is 9.25. The van der Waals surface area contributed by atoms with Crippen molar-refractivity contribution in [3.63, 3.8) is 0 Å². The molecule has 0 saturated carbocycles. The summed E-state index contributed by atoms with van der Waals surface area (Å²) in [6.07, 6.45) is 0.861. The molecule has 0 unspecified atom stereocenters. The lowest BCUT2D eigenvalue weighted by atomic mass is 9.88. The number of fused-ring (bicyclic) bond motifs is 6. The van der Waals surface area contributed by atoms with Crippen LogP contribution in [-0.4, -0.2) is 0 Å². The molecule has 6 aromatic carbocycles. The SMILES string of the molecule is Cc1c2ccccc2c(Cc2cccc3oc4cc5ccccc5c(C)c4c23)c2ccccc12. The van der Waals surface area contributed by atoms with E-state index in [2.05, 4.69) is 111 Å². The van der Waals surface area contributed by atoms with Gasteiger partial charge in [-0.05, 0) is 87.0 Å². The zero-order chi connectivity index (χ0) is 22.8. The summed E-state index contributed by atoms with van der Waals surface area (Å²) in [5.41, 5.74) is 7.27. The molecule has 34 heavy (non-hydrogen) atoms. The fraction of sp³-hybridized carbons (Fsp3) is 0.0909. The molecule has 0 fully saturated rings.